The monoisotopic (exact) mass is 432 g/mol. The molecule has 1 atom stereocenters. The molecule has 3 aromatic rings. The van der Waals surface area contributed by atoms with Crippen LogP contribution in [0, 0.1) is 5.92 Å². The van der Waals surface area contributed by atoms with Crippen LogP contribution >= 0.6 is 11.7 Å². The van der Waals surface area contributed by atoms with Gasteiger partial charge in [0.25, 0.3) is 0 Å². The van der Waals surface area contributed by atoms with E-state index in [9.17, 15) is 13.2 Å². The summed E-state index contributed by atoms with van der Waals surface area (Å²) in [7, 11) is -3.96. The molecule has 29 heavy (non-hydrogen) atoms. The third-order valence-electron chi connectivity index (χ3n) is 4.61. The van der Waals surface area contributed by atoms with Crippen LogP contribution in [0.2, 0.25) is 0 Å². The molecule has 2 aromatic carbocycles. The maximum atomic E-state index is 13.0. The highest BCUT2D eigenvalue weighted by atomic mass is 32.2. The Hall–Kier alpha value is -2.36. The zero-order chi connectivity index (χ0) is 21.2. The van der Waals surface area contributed by atoms with Gasteiger partial charge in [-0.1, -0.05) is 45.9 Å². The van der Waals surface area contributed by atoms with E-state index in [0.717, 1.165) is 17.3 Å². The van der Waals surface area contributed by atoms with Gasteiger partial charge in [-0.05, 0) is 41.7 Å². The molecule has 0 spiro atoms. The molecular weight excluding hydrogens is 408 g/mol. The van der Waals surface area contributed by atoms with E-state index >= 15 is 0 Å². The van der Waals surface area contributed by atoms with Gasteiger partial charge in [0.2, 0.25) is 15.9 Å². The van der Waals surface area contributed by atoms with E-state index in [-0.39, 0.29) is 10.8 Å². The third-order valence-corrected chi connectivity index (χ3v) is 6.63. The van der Waals surface area contributed by atoms with Crippen molar-refractivity contribution in [2.24, 2.45) is 5.92 Å². The fourth-order valence-corrected chi connectivity index (χ4v) is 5.00. The van der Waals surface area contributed by atoms with E-state index in [4.69, 9.17) is 0 Å². The summed E-state index contributed by atoms with van der Waals surface area (Å²) >= 11 is 0.948. The van der Waals surface area contributed by atoms with Crippen LogP contribution in [-0.2, 0) is 14.8 Å². The van der Waals surface area contributed by atoms with Crippen LogP contribution in [0.15, 0.2) is 47.4 Å². The van der Waals surface area contributed by atoms with Gasteiger partial charge < -0.3 is 5.32 Å². The first-order valence-corrected chi connectivity index (χ1v) is 11.5. The molecule has 7 nitrogen and oxygen atoms in total. The second kappa shape index (κ2) is 8.56. The van der Waals surface area contributed by atoms with Gasteiger partial charge in [0.05, 0.1) is 11.7 Å². The van der Waals surface area contributed by atoms with Crippen molar-refractivity contribution < 1.29 is 13.2 Å². The molecular formula is C20H24N4O3S2. The van der Waals surface area contributed by atoms with Crippen LogP contribution in [0.25, 0.3) is 11.0 Å². The highest BCUT2D eigenvalue weighted by Gasteiger charge is 2.30. The molecule has 1 amide bonds. The minimum atomic E-state index is -3.96. The molecule has 2 N–H and O–H groups in total. The van der Waals surface area contributed by atoms with Gasteiger partial charge in [-0.15, -0.1) is 0 Å². The summed E-state index contributed by atoms with van der Waals surface area (Å²) in [5.74, 6) is -0.283. The van der Waals surface area contributed by atoms with E-state index in [1.54, 1.807) is 26.0 Å². The minimum Gasteiger partial charge on any atom is -0.325 e. The second-order valence-corrected chi connectivity index (χ2v) is 9.71. The number of nitrogens with one attached hydrogen (secondary N) is 2. The first-order chi connectivity index (χ1) is 13.7. The summed E-state index contributed by atoms with van der Waals surface area (Å²) in [6.07, 6.45) is 0. The van der Waals surface area contributed by atoms with Gasteiger partial charge in [0.1, 0.15) is 22.0 Å². The van der Waals surface area contributed by atoms with E-state index in [2.05, 4.69) is 32.6 Å². The molecule has 0 bridgehead atoms. The number of hydrogen-bond acceptors (Lipinski definition) is 6. The number of sulfonamides is 1. The smallest absolute Gasteiger partial charge is 0.243 e. The number of carbonyl (C=O) groups is 1. The standard InChI is InChI=1S/C20H24N4O3S2/c1-12(2)14-8-10-15(11-9-14)21-20(25)18(13(3)4)24-29(26,27)17-7-5-6-16-19(17)23-28-22-16/h5-13,18,24H,1-4H3,(H,21,25)/t18-/m1/s1. The molecule has 1 heterocycles. The van der Waals surface area contributed by atoms with Crippen LogP contribution in [-0.4, -0.2) is 29.1 Å². The van der Waals surface area contributed by atoms with E-state index < -0.39 is 22.0 Å². The number of fused-ring (bicyclic) bond motifs is 1. The lowest BCUT2D eigenvalue weighted by Gasteiger charge is -2.22. The summed E-state index contributed by atoms with van der Waals surface area (Å²) in [5, 5.41) is 2.80. The molecule has 154 valence electrons. The molecule has 0 aliphatic carbocycles. The summed E-state index contributed by atoms with van der Waals surface area (Å²) < 4.78 is 36.7. The summed E-state index contributed by atoms with van der Waals surface area (Å²) in [4.78, 5) is 12.8. The Balaban J connectivity index is 1.82. The lowest BCUT2D eigenvalue weighted by Crippen LogP contribution is -2.47. The first kappa shape index (κ1) is 21.4. The van der Waals surface area contributed by atoms with Crippen LogP contribution in [0.4, 0.5) is 5.69 Å². The normalized spacial score (nSPS) is 13.2. The Morgan fingerprint density at radius 3 is 2.31 bits per heavy atom. The van der Waals surface area contributed by atoms with Gasteiger partial charge in [-0.25, -0.2) is 8.42 Å². The predicted octanol–water partition coefficient (Wildman–Crippen LogP) is 3.76. The molecule has 0 unspecified atom stereocenters. The Kier molecular flexibility index (Phi) is 6.30. The number of benzene rings is 2. The Morgan fingerprint density at radius 1 is 1.00 bits per heavy atom. The van der Waals surface area contributed by atoms with Crippen molar-refractivity contribution >= 4 is 44.4 Å². The minimum absolute atomic E-state index is 0.0171. The third kappa shape index (κ3) is 4.80. The number of amides is 1. The van der Waals surface area contributed by atoms with Crippen molar-refractivity contribution in [2.75, 3.05) is 5.32 Å². The first-order valence-electron chi connectivity index (χ1n) is 9.33. The molecule has 3 rings (SSSR count). The van der Waals surface area contributed by atoms with Crippen molar-refractivity contribution in [1.29, 1.82) is 0 Å². The summed E-state index contributed by atoms with van der Waals surface area (Å²) in [6.45, 7) is 7.77. The Labute approximate surface area is 174 Å². The lowest BCUT2D eigenvalue weighted by molar-refractivity contribution is -0.118. The molecule has 0 fully saturated rings. The topological polar surface area (TPSA) is 101 Å². The quantitative estimate of drug-likeness (QED) is 0.592. The second-order valence-electron chi connectivity index (χ2n) is 7.50. The summed E-state index contributed by atoms with van der Waals surface area (Å²) in [5.41, 5.74) is 2.59. The highest BCUT2D eigenvalue weighted by Crippen LogP contribution is 2.22. The number of carbonyl (C=O) groups excluding carboxylic acids is 1. The SMILES string of the molecule is CC(C)c1ccc(NC(=O)[C@H](NS(=O)(=O)c2cccc3nsnc23)C(C)C)cc1. The van der Waals surface area contributed by atoms with Crippen molar-refractivity contribution in [3.8, 4) is 0 Å². The van der Waals surface area contributed by atoms with Crippen molar-refractivity contribution in [3.63, 3.8) is 0 Å². The molecule has 0 radical (unpaired) electrons. The fourth-order valence-electron chi connectivity index (χ4n) is 2.89. The average Bonchev–Trinajstić information content (AvgIpc) is 3.15. The van der Waals surface area contributed by atoms with E-state index in [1.807, 2.05) is 24.3 Å². The van der Waals surface area contributed by atoms with Gasteiger partial charge in [0.15, 0.2) is 0 Å². The van der Waals surface area contributed by atoms with E-state index in [1.165, 1.54) is 6.07 Å². The van der Waals surface area contributed by atoms with Gasteiger partial charge in [-0.2, -0.15) is 13.5 Å². The Bertz CT molecular complexity index is 1110. The van der Waals surface area contributed by atoms with Gasteiger partial charge in [-0.3, -0.25) is 4.79 Å². The molecule has 0 aliphatic rings. The molecule has 1 aromatic heterocycles. The highest BCUT2D eigenvalue weighted by molar-refractivity contribution is 7.89. The zero-order valence-corrected chi connectivity index (χ0v) is 18.3. The van der Waals surface area contributed by atoms with Crippen LogP contribution in [0.3, 0.4) is 0 Å². The lowest BCUT2D eigenvalue weighted by atomic mass is 10.0. The van der Waals surface area contributed by atoms with E-state index in [0.29, 0.717) is 22.6 Å². The van der Waals surface area contributed by atoms with Gasteiger partial charge >= 0.3 is 0 Å². The van der Waals surface area contributed by atoms with Crippen molar-refractivity contribution in [3.05, 3.63) is 48.0 Å². The molecule has 0 aliphatic heterocycles. The maximum Gasteiger partial charge on any atom is 0.243 e. The molecule has 0 saturated heterocycles. The largest absolute Gasteiger partial charge is 0.325 e. The summed E-state index contributed by atoms with van der Waals surface area (Å²) in [6, 6.07) is 11.4. The van der Waals surface area contributed by atoms with Crippen LogP contribution < -0.4 is 10.0 Å². The average molecular weight is 433 g/mol. The van der Waals surface area contributed by atoms with Crippen LogP contribution in [0.5, 0.6) is 0 Å². The van der Waals surface area contributed by atoms with Crippen molar-refractivity contribution in [1.82, 2.24) is 13.5 Å². The molecule has 9 heteroatoms. The maximum absolute atomic E-state index is 13.0. The van der Waals surface area contributed by atoms with Gasteiger partial charge in [0, 0.05) is 5.69 Å². The van der Waals surface area contributed by atoms with Crippen LogP contribution in [0.1, 0.15) is 39.2 Å². The predicted molar refractivity (Wildman–Crippen MR) is 116 cm³/mol. The number of rotatable bonds is 7. The zero-order valence-electron chi connectivity index (χ0n) is 16.7. The fraction of sp³-hybridized carbons (Fsp3) is 0.350. The van der Waals surface area contributed by atoms with Crippen molar-refractivity contribution in [2.45, 2.75) is 44.6 Å². The number of aromatic nitrogens is 2. The number of anilines is 1. The number of nitrogens with zero attached hydrogens (tertiary/aromatic N) is 2. The number of hydrogen-bond donors (Lipinski definition) is 2. The Morgan fingerprint density at radius 2 is 1.69 bits per heavy atom. The molecule has 0 saturated carbocycles.